The highest BCUT2D eigenvalue weighted by molar-refractivity contribution is 7.85. The molecular formula is C18H21NO4S. The fourth-order valence-corrected chi connectivity index (χ4v) is 3.38. The molecule has 1 amide bonds. The number of carbonyl (C=O) groups excluding carboxylic acids is 1. The largest absolute Gasteiger partial charge is 0.497 e. The highest BCUT2D eigenvalue weighted by Crippen LogP contribution is 2.25. The molecule has 2 aromatic carbocycles. The lowest BCUT2D eigenvalue weighted by atomic mass is 10.1. The molecule has 24 heavy (non-hydrogen) atoms. The molecule has 0 fully saturated rings. The molecule has 128 valence electrons. The summed E-state index contributed by atoms with van der Waals surface area (Å²) in [4.78, 5) is 13.7. The van der Waals surface area contributed by atoms with Crippen LogP contribution in [-0.4, -0.2) is 42.0 Å². The van der Waals surface area contributed by atoms with Crippen LogP contribution < -0.4 is 9.47 Å². The highest BCUT2D eigenvalue weighted by Gasteiger charge is 2.12. The number of ether oxygens (including phenoxy) is 2. The van der Waals surface area contributed by atoms with Gasteiger partial charge >= 0.3 is 0 Å². The molecule has 0 aliphatic rings. The number of benzene rings is 2. The number of nitrogens with zero attached hydrogens (tertiary/aromatic N) is 1. The van der Waals surface area contributed by atoms with E-state index in [1.165, 1.54) is 0 Å². The van der Waals surface area contributed by atoms with Crippen LogP contribution in [0.3, 0.4) is 0 Å². The van der Waals surface area contributed by atoms with Gasteiger partial charge in [-0.05, 0) is 30.3 Å². The first-order valence-corrected chi connectivity index (χ1v) is 8.83. The zero-order valence-corrected chi connectivity index (χ0v) is 14.6. The third-order valence-corrected chi connectivity index (χ3v) is 4.93. The SMILES string of the molecule is COc1ccc(OC)c(CN(C=O)CCS(=O)c2ccccc2)c1. The minimum Gasteiger partial charge on any atom is -0.497 e. The Morgan fingerprint density at radius 3 is 2.46 bits per heavy atom. The van der Waals surface area contributed by atoms with Crippen molar-refractivity contribution in [2.45, 2.75) is 11.4 Å². The normalized spacial score (nSPS) is 11.6. The van der Waals surface area contributed by atoms with Crippen LogP contribution >= 0.6 is 0 Å². The van der Waals surface area contributed by atoms with Crippen molar-refractivity contribution in [3.63, 3.8) is 0 Å². The van der Waals surface area contributed by atoms with Crippen LogP contribution in [0.5, 0.6) is 11.5 Å². The van der Waals surface area contributed by atoms with Gasteiger partial charge in [-0.1, -0.05) is 18.2 Å². The van der Waals surface area contributed by atoms with E-state index in [9.17, 15) is 9.00 Å². The standard InChI is InChI=1S/C18H21NO4S/c1-22-16-8-9-18(23-2)15(12-16)13-19(14-20)10-11-24(21)17-6-4-3-5-7-17/h3-9,12,14H,10-11,13H2,1-2H3. The van der Waals surface area contributed by atoms with Gasteiger partial charge in [0.2, 0.25) is 6.41 Å². The number of rotatable bonds is 9. The predicted molar refractivity (Wildman–Crippen MR) is 93.7 cm³/mol. The highest BCUT2D eigenvalue weighted by atomic mass is 32.2. The maximum atomic E-state index is 12.3. The molecule has 2 rings (SSSR count). The first-order chi connectivity index (χ1) is 11.7. The summed E-state index contributed by atoms with van der Waals surface area (Å²) in [5.74, 6) is 1.77. The molecule has 0 heterocycles. The van der Waals surface area contributed by atoms with E-state index >= 15 is 0 Å². The molecular weight excluding hydrogens is 326 g/mol. The second-order valence-electron chi connectivity index (χ2n) is 5.12. The number of hydrogen-bond donors (Lipinski definition) is 0. The second-order valence-corrected chi connectivity index (χ2v) is 6.69. The van der Waals surface area contributed by atoms with E-state index in [1.807, 2.05) is 36.4 Å². The number of carbonyl (C=O) groups is 1. The van der Waals surface area contributed by atoms with Crippen LogP contribution in [0.1, 0.15) is 5.56 Å². The van der Waals surface area contributed by atoms with E-state index in [1.54, 1.807) is 31.3 Å². The van der Waals surface area contributed by atoms with Crippen LogP contribution in [-0.2, 0) is 22.1 Å². The second kappa shape index (κ2) is 9.08. The van der Waals surface area contributed by atoms with E-state index in [4.69, 9.17) is 9.47 Å². The lowest BCUT2D eigenvalue weighted by Gasteiger charge is -2.19. The van der Waals surface area contributed by atoms with Crippen LogP contribution in [0.15, 0.2) is 53.4 Å². The lowest BCUT2D eigenvalue weighted by molar-refractivity contribution is -0.118. The van der Waals surface area contributed by atoms with E-state index in [0.29, 0.717) is 30.3 Å². The Kier molecular flexibility index (Phi) is 6.81. The molecule has 0 spiro atoms. The van der Waals surface area contributed by atoms with Crippen LogP contribution in [0.4, 0.5) is 0 Å². The van der Waals surface area contributed by atoms with Gasteiger partial charge in [-0.25, -0.2) is 0 Å². The Morgan fingerprint density at radius 1 is 1.08 bits per heavy atom. The molecule has 0 aliphatic carbocycles. The first kappa shape index (κ1) is 18.0. The van der Waals surface area contributed by atoms with Crippen molar-refractivity contribution in [2.75, 3.05) is 26.5 Å². The Labute approximate surface area is 144 Å². The Balaban J connectivity index is 2.02. The number of hydrogen-bond acceptors (Lipinski definition) is 4. The zero-order valence-electron chi connectivity index (χ0n) is 13.8. The summed E-state index contributed by atoms with van der Waals surface area (Å²) in [6.45, 7) is 0.765. The predicted octanol–water partition coefficient (Wildman–Crippen LogP) is 2.47. The minimum atomic E-state index is -1.13. The van der Waals surface area contributed by atoms with E-state index in [2.05, 4.69) is 0 Å². The number of amides is 1. The topological polar surface area (TPSA) is 55.8 Å². The smallest absolute Gasteiger partial charge is 0.210 e. The summed E-state index contributed by atoms with van der Waals surface area (Å²) in [6, 6.07) is 14.7. The summed E-state index contributed by atoms with van der Waals surface area (Å²) < 4.78 is 22.8. The van der Waals surface area contributed by atoms with Crippen molar-refractivity contribution in [3.8, 4) is 11.5 Å². The fourth-order valence-electron chi connectivity index (χ4n) is 2.28. The van der Waals surface area contributed by atoms with Gasteiger partial charge in [0.25, 0.3) is 0 Å². The van der Waals surface area contributed by atoms with Gasteiger partial charge < -0.3 is 14.4 Å². The summed E-state index contributed by atoms with van der Waals surface area (Å²) in [6.07, 6.45) is 0.765. The lowest BCUT2D eigenvalue weighted by Crippen LogP contribution is -2.26. The van der Waals surface area contributed by atoms with Gasteiger partial charge in [-0.2, -0.15) is 0 Å². The van der Waals surface area contributed by atoms with Crippen LogP contribution in [0.2, 0.25) is 0 Å². The van der Waals surface area contributed by atoms with E-state index in [0.717, 1.165) is 16.9 Å². The Bertz CT molecular complexity index is 691. The third kappa shape index (κ3) is 4.83. The maximum absolute atomic E-state index is 12.3. The summed E-state index contributed by atoms with van der Waals surface area (Å²) >= 11 is 0. The van der Waals surface area contributed by atoms with Crippen molar-refractivity contribution in [3.05, 3.63) is 54.1 Å². The van der Waals surface area contributed by atoms with Crippen LogP contribution in [0.25, 0.3) is 0 Å². The van der Waals surface area contributed by atoms with Crippen molar-refractivity contribution in [1.82, 2.24) is 4.90 Å². The Hall–Kier alpha value is -2.34. The zero-order chi connectivity index (χ0) is 17.4. The monoisotopic (exact) mass is 347 g/mol. The average Bonchev–Trinajstić information content (AvgIpc) is 2.65. The molecule has 0 aliphatic heterocycles. The molecule has 0 bridgehead atoms. The maximum Gasteiger partial charge on any atom is 0.210 e. The molecule has 0 aromatic heterocycles. The average molecular weight is 347 g/mol. The van der Waals surface area contributed by atoms with Crippen molar-refractivity contribution in [2.24, 2.45) is 0 Å². The van der Waals surface area contributed by atoms with Crippen LogP contribution in [0, 0.1) is 0 Å². The molecule has 1 atom stereocenters. The minimum absolute atomic E-state index is 0.371. The van der Waals surface area contributed by atoms with Crippen molar-refractivity contribution < 1.29 is 18.5 Å². The van der Waals surface area contributed by atoms with Gasteiger partial charge in [0.05, 0.1) is 25.0 Å². The third-order valence-electron chi connectivity index (χ3n) is 3.58. The molecule has 1 unspecified atom stereocenters. The first-order valence-electron chi connectivity index (χ1n) is 7.51. The van der Waals surface area contributed by atoms with E-state index < -0.39 is 10.8 Å². The van der Waals surface area contributed by atoms with Crippen molar-refractivity contribution >= 4 is 17.2 Å². The van der Waals surface area contributed by atoms with Gasteiger partial charge in [0, 0.05) is 29.3 Å². The molecule has 0 N–H and O–H groups in total. The van der Waals surface area contributed by atoms with E-state index in [-0.39, 0.29) is 0 Å². The molecule has 0 saturated heterocycles. The molecule has 0 radical (unpaired) electrons. The summed E-state index contributed by atoms with van der Waals surface area (Å²) in [7, 11) is 2.04. The van der Waals surface area contributed by atoms with Crippen molar-refractivity contribution in [1.29, 1.82) is 0 Å². The number of methoxy groups -OCH3 is 2. The molecule has 2 aromatic rings. The molecule has 0 saturated carbocycles. The summed E-state index contributed by atoms with van der Waals surface area (Å²) in [5.41, 5.74) is 0.842. The van der Waals surface area contributed by atoms with Gasteiger partial charge in [-0.3, -0.25) is 9.00 Å². The molecule has 6 heteroatoms. The molecule has 5 nitrogen and oxygen atoms in total. The Morgan fingerprint density at radius 2 is 1.83 bits per heavy atom. The van der Waals surface area contributed by atoms with Gasteiger partial charge in [0.15, 0.2) is 0 Å². The van der Waals surface area contributed by atoms with Gasteiger partial charge in [-0.15, -0.1) is 0 Å². The quantitative estimate of drug-likeness (QED) is 0.654. The fraction of sp³-hybridized carbons (Fsp3) is 0.278. The summed E-state index contributed by atoms with van der Waals surface area (Å²) in [5, 5.41) is 0. The van der Waals surface area contributed by atoms with Gasteiger partial charge in [0.1, 0.15) is 11.5 Å².